The lowest BCUT2D eigenvalue weighted by Crippen LogP contribution is -2.45. The lowest BCUT2D eigenvalue weighted by molar-refractivity contribution is -0.143. The second-order valence-electron chi connectivity index (χ2n) is 5.89. The number of nitrogens with one attached hydrogen (secondary N) is 3. The van der Waals surface area contributed by atoms with Crippen molar-refractivity contribution in [2.45, 2.75) is 57.0 Å². The van der Waals surface area contributed by atoms with Crippen molar-refractivity contribution in [1.82, 2.24) is 16.0 Å². The SMILES string of the molecule is O=C(CCNC(=O)NC1CCCC(C(=O)O)C1)NC1CC1. The van der Waals surface area contributed by atoms with E-state index < -0.39 is 5.97 Å². The van der Waals surface area contributed by atoms with Crippen LogP contribution in [0.1, 0.15) is 44.9 Å². The fraction of sp³-hybridized carbons (Fsp3) is 0.786. The maximum Gasteiger partial charge on any atom is 0.315 e. The Morgan fingerprint density at radius 3 is 2.43 bits per heavy atom. The molecule has 21 heavy (non-hydrogen) atoms. The molecule has 7 nitrogen and oxygen atoms in total. The Morgan fingerprint density at radius 1 is 1.00 bits per heavy atom. The van der Waals surface area contributed by atoms with Crippen molar-refractivity contribution in [1.29, 1.82) is 0 Å². The van der Waals surface area contributed by atoms with Crippen molar-refractivity contribution in [2.24, 2.45) is 5.92 Å². The molecule has 0 spiro atoms. The van der Waals surface area contributed by atoms with Crippen LogP contribution in [0.5, 0.6) is 0 Å². The molecule has 0 bridgehead atoms. The first-order chi connectivity index (χ1) is 10.0. The van der Waals surface area contributed by atoms with Gasteiger partial charge in [0.15, 0.2) is 0 Å². The molecule has 0 radical (unpaired) electrons. The van der Waals surface area contributed by atoms with Gasteiger partial charge in [0.25, 0.3) is 0 Å². The van der Waals surface area contributed by atoms with E-state index in [1.807, 2.05) is 0 Å². The van der Waals surface area contributed by atoms with E-state index in [9.17, 15) is 14.4 Å². The largest absolute Gasteiger partial charge is 0.481 e. The Morgan fingerprint density at radius 2 is 1.76 bits per heavy atom. The molecule has 2 atom stereocenters. The Balaban J connectivity index is 1.59. The topological polar surface area (TPSA) is 108 Å². The summed E-state index contributed by atoms with van der Waals surface area (Å²) in [6.07, 6.45) is 5.14. The first-order valence-corrected chi connectivity index (χ1v) is 7.61. The molecule has 0 aromatic rings. The van der Waals surface area contributed by atoms with Gasteiger partial charge in [-0.1, -0.05) is 6.42 Å². The van der Waals surface area contributed by atoms with Crippen LogP contribution < -0.4 is 16.0 Å². The summed E-state index contributed by atoms with van der Waals surface area (Å²) in [5.41, 5.74) is 0. The number of aliphatic carboxylic acids is 1. The van der Waals surface area contributed by atoms with Crippen LogP contribution >= 0.6 is 0 Å². The van der Waals surface area contributed by atoms with Crippen LogP contribution in [0, 0.1) is 5.92 Å². The van der Waals surface area contributed by atoms with E-state index in [1.165, 1.54) is 0 Å². The standard InChI is InChI=1S/C14H23N3O4/c18-12(16-10-4-5-10)6-7-15-14(21)17-11-3-1-2-9(8-11)13(19)20/h9-11H,1-8H2,(H,16,18)(H,19,20)(H2,15,17,21). The molecule has 118 valence electrons. The summed E-state index contributed by atoms with van der Waals surface area (Å²) >= 11 is 0. The Kier molecular flexibility index (Phi) is 5.41. The van der Waals surface area contributed by atoms with Crippen molar-refractivity contribution in [3.05, 3.63) is 0 Å². The second kappa shape index (κ2) is 7.28. The molecule has 4 N–H and O–H groups in total. The quantitative estimate of drug-likeness (QED) is 0.575. The molecule has 0 aliphatic heterocycles. The number of carbonyl (C=O) groups excluding carboxylic acids is 2. The van der Waals surface area contributed by atoms with Crippen LogP contribution in [0.25, 0.3) is 0 Å². The van der Waals surface area contributed by atoms with Crippen LogP contribution in [0.15, 0.2) is 0 Å². The fourth-order valence-corrected chi connectivity index (χ4v) is 2.60. The maximum absolute atomic E-state index is 11.7. The molecule has 2 aliphatic rings. The molecule has 3 amide bonds. The average Bonchev–Trinajstić information content (AvgIpc) is 3.22. The molecule has 0 aromatic carbocycles. The number of amides is 3. The van der Waals surface area contributed by atoms with E-state index >= 15 is 0 Å². The minimum Gasteiger partial charge on any atom is -0.481 e. The van der Waals surface area contributed by atoms with Gasteiger partial charge in [-0.05, 0) is 32.1 Å². The van der Waals surface area contributed by atoms with Gasteiger partial charge in [-0.2, -0.15) is 0 Å². The third kappa shape index (κ3) is 5.61. The van der Waals surface area contributed by atoms with Crippen LogP contribution in [-0.2, 0) is 9.59 Å². The third-order valence-electron chi connectivity index (χ3n) is 3.94. The molecule has 0 aromatic heterocycles. The van der Waals surface area contributed by atoms with Crippen molar-refractivity contribution >= 4 is 17.9 Å². The van der Waals surface area contributed by atoms with Gasteiger partial charge >= 0.3 is 12.0 Å². The summed E-state index contributed by atoms with van der Waals surface area (Å²) in [7, 11) is 0. The van der Waals surface area contributed by atoms with Gasteiger partial charge in [-0.15, -0.1) is 0 Å². The Bertz CT molecular complexity index is 409. The zero-order valence-electron chi connectivity index (χ0n) is 12.1. The van der Waals surface area contributed by atoms with Crippen molar-refractivity contribution < 1.29 is 19.5 Å². The Labute approximate surface area is 123 Å². The zero-order valence-corrected chi connectivity index (χ0v) is 12.1. The lowest BCUT2D eigenvalue weighted by atomic mass is 9.86. The smallest absolute Gasteiger partial charge is 0.315 e. The summed E-state index contributed by atoms with van der Waals surface area (Å²) in [6, 6.07) is -0.0908. The predicted molar refractivity (Wildman–Crippen MR) is 75.7 cm³/mol. The second-order valence-corrected chi connectivity index (χ2v) is 5.89. The molecular weight excluding hydrogens is 274 g/mol. The highest BCUT2D eigenvalue weighted by Gasteiger charge is 2.27. The number of hydrogen-bond acceptors (Lipinski definition) is 3. The lowest BCUT2D eigenvalue weighted by Gasteiger charge is -2.27. The number of carboxylic acid groups (broad SMARTS) is 1. The number of carboxylic acids is 1. The van der Waals surface area contributed by atoms with E-state index in [-0.39, 0.29) is 30.3 Å². The first kappa shape index (κ1) is 15.6. The van der Waals surface area contributed by atoms with Crippen LogP contribution in [-0.4, -0.2) is 41.6 Å². The molecule has 7 heteroatoms. The van der Waals surface area contributed by atoms with Crippen LogP contribution in [0.3, 0.4) is 0 Å². The van der Waals surface area contributed by atoms with Gasteiger partial charge in [0.1, 0.15) is 0 Å². The highest BCUT2D eigenvalue weighted by Crippen LogP contribution is 2.24. The maximum atomic E-state index is 11.7. The van der Waals surface area contributed by atoms with Crippen molar-refractivity contribution in [2.75, 3.05) is 6.54 Å². The van der Waals surface area contributed by atoms with E-state index in [4.69, 9.17) is 5.11 Å². The first-order valence-electron chi connectivity index (χ1n) is 7.61. The zero-order chi connectivity index (χ0) is 15.2. The number of hydrogen-bond donors (Lipinski definition) is 4. The molecule has 2 fully saturated rings. The summed E-state index contributed by atoms with van der Waals surface area (Å²) in [6.45, 7) is 0.291. The Hall–Kier alpha value is -1.79. The molecular formula is C14H23N3O4. The molecule has 2 unspecified atom stereocenters. The molecule has 0 saturated heterocycles. The predicted octanol–water partition coefficient (Wildman–Crippen LogP) is 0.598. The van der Waals surface area contributed by atoms with E-state index in [1.54, 1.807) is 0 Å². The van der Waals surface area contributed by atoms with Crippen LogP contribution in [0.2, 0.25) is 0 Å². The monoisotopic (exact) mass is 297 g/mol. The molecule has 2 rings (SSSR count). The fourth-order valence-electron chi connectivity index (χ4n) is 2.60. The summed E-state index contributed by atoms with van der Waals surface area (Å²) in [5.74, 6) is -1.20. The van der Waals surface area contributed by atoms with Gasteiger partial charge < -0.3 is 21.1 Å². The molecule has 2 aliphatic carbocycles. The normalized spacial score (nSPS) is 25.0. The summed E-state index contributed by atoms with van der Waals surface area (Å²) in [4.78, 5) is 34.1. The number of carbonyl (C=O) groups is 3. The third-order valence-corrected chi connectivity index (χ3v) is 3.94. The number of urea groups is 1. The van der Waals surface area contributed by atoms with Gasteiger partial charge in [0.2, 0.25) is 5.91 Å². The average molecular weight is 297 g/mol. The van der Waals surface area contributed by atoms with Gasteiger partial charge in [0, 0.05) is 25.0 Å². The molecule has 2 saturated carbocycles. The van der Waals surface area contributed by atoms with E-state index in [0.29, 0.717) is 25.4 Å². The highest BCUT2D eigenvalue weighted by molar-refractivity contribution is 5.78. The van der Waals surface area contributed by atoms with Crippen LogP contribution in [0.4, 0.5) is 4.79 Å². The minimum absolute atomic E-state index is 0.0404. The number of rotatable bonds is 6. The minimum atomic E-state index is -0.793. The van der Waals surface area contributed by atoms with E-state index in [0.717, 1.165) is 25.7 Å². The van der Waals surface area contributed by atoms with Gasteiger partial charge in [-0.3, -0.25) is 9.59 Å². The highest BCUT2D eigenvalue weighted by atomic mass is 16.4. The van der Waals surface area contributed by atoms with Gasteiger partial charge in [0.05, 0.1) is 5.92 Å². The van der Waals surface area contributed by atoms with E-state index in [2.05, 4.69) is 16.0 Å². The van der Waals surface area contributed by atoms with Gasteiger partial charge in [-0.25, -0.2) is 4.79 Å². The summed E-state index contributed by atoms with van der Waals surface area (Å²) in [5, 5.41) is 17.3. The van der Waals surface area contributed by atoms with Crippen molar-refractivity contribution in [3.63, 3.8) is 0 Å². The summed E-state index contributed by atoms with van der Waals surface area (Å²) < 4.78 is 0. The molecule has 0 heterocycles. The van der Waals surface area contributed by atoms with Crippen molar-refractivity contribution in [3.8, 4) is 0 Å².